The molecule has 2 aromatic rings. The summed E-state index contributed by atoms with van der Waals surface area (Å²) in [6.45, 7) is 3.87. The fourth-order valence-corrected chi connectivity index (χ4v) is 5.18. The number of carbonyl (C=O) groups excluding carboxylic acids is 4. The Bertz CT molecular complexity index is 1280. The van der Waals surface area contributed by atoms with E-state index in [2.05, 4.69) is 0 Å². The molecule has 0 saturated heterocycles. The maximum Gasteiger partial charge on any atom is 0.263 e. The van der Waals surface area contributed by atoms with Gasteiger partial charge in [0.15, 0.2) is 0 Å². The normalized spacial score (nSPS) is 15.2. The van der Waals surface area contributed by atoms with E-state index in [4.69, 9.17) is 0 Å². The highest BCUT2D eigenvalue weighted by atomic mass is 16.2. The van der Waals surface area contributed by atoms with E-state index in [0.29, 0.717) is 70.2 Å². The first-order chi connectivity index (χ1) is 17.0. The van der Waals surface area contributed by atoms with Gasteiger partial charge in [-0.05, 0) is 78.7 Å². The average Bonchev–Trinajstić information content (AvgIpc) is 2.79. The molecule has 0 unspecified atom stereocenters. The van der Waals surface area contributed by atoms with Crippen LogP contribution in [0.2, 0.25) is 0 Å². The van der Waals surface area contributed by atoms with Crippen molar-refractivity contribution < 1.29 is 19.2 Å². The van der Waals surface area contributed by atoms with Gasteiger partial charge in [0, 0.05) is 43.5 Å². The summed E-state index contributed by atoms with van der Waals surface area (Å²) in [5, 5.41) is 0.851. The molecule has 9 heteroatoms. The summed E-state index contributed by atoms with van der Waals surface area (Å²) in [7, 11) is 11.4. The second-order valence-corrected chi connectivity index (χ2v) is 10.4. The van der Waals surface area contributed by atoms with Crippen LogP contribution in [0.25, 0.3) is 10.8 Å². The molecular weight excluding hydrogens is 458 g/mol. The fourth-order valence-electron chi connectivity index (χ4n) is 5.18. The largest absolute Gasteiger partial charge is 0.377 e. The van der Waals surface area contributed by atoms with Crippen LogP contribution in [-0.4, -0.2) is 112 Å². The van der Waals surface area contributed by atoms with Gasteiger partial charge in [-0.2, -0.15) is 0 Å². The van der Waals surface area contributed by atoms with E-state index in [1.807, 2.05) is 52.1 Å². The van der Waals surface area contributed by atoms with Gasteiger partial charge in [-0.3, -0.25) is 29.0 Å². The number of imide groups is 2. The van der Waals surface area contributed by atoms with Crippen LogP contribution in [0, 0.1) is 6.92 Å². The lowest BCUT2D eigenvalue weighted by Gasteiger charge is -2.35. The third kappa shape index (κ3) is 4.16. The number of benzene rings is 2. The van der Waals surface area contributed by atoms with Crippen molar-refractivity contribution in [3.8, 4) is 0 Å². The Morgan fingerprint density at radius 2 is 1.08 bits per heavy atom. The molecular formula is C27H35N5O4. The number of anilines is 1. The quantitative estimate of drug-likeness (QED) is 0.496. The van der Waals surface area contributed by atoms with E-state index in [1.165, 1.54) is 9.80 Å². The van der Waals surface area contributed by atoms with Crippen LogP contribution < -0.4 is 4.90 Å². The Kier molecular flexibility index (Phi) is 6.90. The Hall–Kier alpha value is -3.30. The summed E-state index contributed by atoms with van der Waals surface area (Å²) in [4.78, 5) is 62.9. The van der Waals surface area contributed by atoms with E-state index in [0.717, 1.165) is 13.1 Å². The SMILES string of the molecule is Cc1cc2c3c(c(N(C)C)cc4c3c1C(=O)N(CCCN(C)C)C4=O)C(=O)N(CCCN(C)C)C2=O. The number of carbonyl (C=O) groups is 4. The Morgan fingerprint density at radius 3 is 1.56 bits per heavy atom. The monoisotopic (exact) mass is 493 g/mol. The number of hydrogen-bond donors (Lipinski definition) is 0. The number of hydrogen-bond acceptors (Lipinski definition) is 7. The molecule has 2 aliphatic heterocycles. The minimum atomic E-state index is -0.385. The highest BCUT2D eigenvalue weighted by molar-refractivity contribution is 6.35. The Balaban J connectivity index is 1.91. The van der Waals surface area contributed by atoms with Gasteiger partial charge in [-0.25, -0.2) is 0 Å². The molecule has 0 fully saturated rings. The van der Waals surface area contributed by atoms with E-state index < -0.39 is 0 Å². The van der Waals surface area contributed by atoms with E-state index in [9.17, 15) is 19.2 Å². The molecule has 192 valence electrons. The summed E-state index contributed by atoms with van der Waals surface area (Å²) in [5.41, 5.74) is 2.72. The van der Waals surface area contributed by atoms with Crippen LogP contribution in [0.1, 0.15) is 59.8 Å². The maximum atomic E-state index is 13.7. The molecule has 2 heterocycles. The van der Waals surface area contributed by atoms with Crippen LogP contribution in [0.15, 0.2) is 12.1 Å². The third-order valence-electron chi connectivity index (χ3n) is 6.91. The van der Waals surface area contributed by atoms with Gasteiger partial charge < -0.3 is 14.7 Å². The number of nitrogens with zero attached hydrogens (tertiary/aromatic N) is 5. The van der Waals surface area contributed by atoms with Crippen molar-refractivity contribution in [2.45, 2.75) is 19.8 Å². The fraction of sp³-hybridized carbons (Fsp3) is 0.481. The minimum Gasteiger partial charge on any atom is -0.377 e. The molecule has 0 spiro atoms. The summed E-state index contributed by atoms with van der Waals surface area (Å²) in [6, 6.07) is 3.42. The highest BCUT2D eigenvalue weighted by Gasteiger charge is 2.42. The molecule has 0 saturated carbocycles. The van der Waals surface area contributed by atoms with Crippen LogP contribution in [0.3, 0.4) is 0 Å². The van der Waals surface area contributed by atoms with Crippen molar-refractivity contribution in [1.82, 2.24) is 19.6 Å². The zero-order valence-electron chi connectivity index (χ0n) is 22.3. The highest BCUT2D eigenvalue weighted by Crippen LogP contribution is 2.43. The predicted octanol–water partition coefficient (Wildman–Crippen LogP) is 2.31. The van der Waals surface area contributed by atoms with E-state index >= 15 is 0 Å². The molecule has 0 aromatic heterocycles. The lowest BCUT2D eigenvalue weighted by molar-refractivity contribution is 0.0584. The first kappa shape index (κ1) is 25.8. The topological polar surface area (TPSA) is 84.5 Å². The number of aryl methyl sites for hydroxylation is 1. The first-order valence-electron chi connectivity index (χ1n) is 12.3. The van der Waals surface area contributed by atoms with Gasteiger partial charge in [0.25, 0.3) is 23.6 Å². The lowest BCUT2D eigenvalue weighted by atomic mass is 9.82. The molecule has 9 nitrogen and oxygen atoms in total. The Morgan fingerprint density at radius 1 is 0.639 bits per heavy atom. The van der Waals surface area contributed by atoms with Crippen molar-refractivity contribution in [1.29, 1.82) is 0 Å². The molecule has 4 rings (SSSR count). The molecule has 0 radical (unpaired) electrons. The molecule has 4 amide bonds. The zero-order valence-corrected chi connectivity index (χ0v) is 22.3. The van der Waals surface area contributed by atoms with Gasteiger partial charge in [0.2, 0.25) is 0 Å². The van der Waals surface area contributed by atoms with Crippen LogP contribution >= 0.6 is 0 Å². The summed E-state index contributed by atoms with van der Waals surface area (Å²) in [6.07, 6.45) is 1.30. The molecule has 36 heavy (non-hydrogen) atoms. The van der Waals surface area contributed by atoms with Crippen molar-refractivity contribution in [2.75, 3.05) is 73.4 Å². The van der Waals surface area contributed by atoms with Gasteiger partial charge in [0.05, 0.1) is 22.4 Å². The minimum absolute atomic E-state index is 0.295. The molecule has 2 aromatic carbocycles. The van der Waals surface area contributed by atoms with Crippen molar-refractivity contribution >= 4 is 40.1 Å². The van der Waals surface area contributed by atoms with Gasteiger partial charge >= 0.3 is 0 Å². The second-order valence-electron chi connectivity index (χ2n) is 10.4. The standard InChI is InChI=1S/C27H35N5O4/c1-16-14-17-22-21-18(25(34)31(26(35)20(16)21)12-8-10-28(2)3)15-19(30(6)7)23(22)27(36)32(24(17)33)13-9-11-29(4)5/h14-15H,8-13H2,1-7H3. The van der Waals surface area contributed by atoms with Gasteiger partial charge in [0.1, 0.15) is 0 Å². The molecule has 0 N–H and O–H groups in total. The summed E-state index contributed by atoms with van der Waals surface area (Å²) >= 11 is 0. The summed E-state index contributed by atoms with van der Waals surface area (Å²) in [5.74, 6) is -1.52. The third-order valence-corrected chi connectivity index (χ3v) is 6.91. The second kappa shape index (κ2) is 9.63. The van der Waals surface area contributed by atoms with Crippen molar-refractivity contribution in [3.05, 3.63) is 39.9 Å². The van der Waals surface area contributed by atoms with Gasteiger partial charge in [-0.15, -0.1) is 0 Å². The van der Waals surface area contributed by atoms with Crippen molar-refractivity contribution in [2.24, 2.45) is 0 Å². The van der Waals surface area contributed by atoms with Crippen molar-refractivity contribution in [3.63, 3.8) is 0 Å². The van der Waals surface area contributed by atoms with Crippen LogP contribution in [-0.2, 0) is 0 Å². The summed E-state index contributed by atoms with van der Waals surface area (Å²) < 4.78 is 0. The predicted molar refractivity (Wildman–Crippen MR) is 140 cm³/mol. The molecule has 0 bridgehead atoms. The van der Waals surface area contributed by atoms with E-state index in [1.54, 1.807) is 24.0 Å². The Labute approximate surface area is 212 Å². The number of amides is 4. The zero-order chi connectivity index (χ0) is 26.5. The van der Waals surface area contributed by atoms with Gasteiger partial charge in [-0.1, -0.05) is 0 Å². The molecule has 0 atom stereocenters. The molecule has 0 aliphatic carbocycles. The first-order valence-corrected chi connectivity index (χ1v) is 12.3. The number of rotatable bonds is 9. The smallest absolute Gasteiger partial charge is 0.263 e. The van der Waals surface area contributed by atoms with Crippen LogP contribution in [0.4, 0.5) is 5.69 Å². The molecule has 2 aliphatic rings. The maximum absolute atomic E-state index is 13.7. The lowest BCUT2D eigenvalue weighted by Crippen LogP contribution is -2.45. The van der Waals surface area contributed by atoms with Crippen LogP contribution in [0.5, 0.6) is 0 Å². The van der Waals surface area contributed by atoms with E-state index in [-0.39, 0.29) is 23.6 Å². The average molecular weight is 494 g/mol.